The van der Waals surface area contributed by atoms with Crippen molar-refractivity contribution in [3.05, 3.63) is 22.7 Å². The molecule has 2 amide bonds. The lowest BCUT2D eigenvalue weighted by Crippen LogP contribution is -2.51. The number of carbonyl (C=O) groups excluding carboxylic acids is 1. The van der Waals surface area contributed by atoms with Gasteiger partial charge < -0.3 is 20.1 Å². The Hall–Kier alpha value is -1.36. The first kappa shape index (κ1) is 23.9. The van der Waals surface area contributed by atoms with Gasteiger partial charge in [-0.25, -0.2) is 13.2 Å². The number of nitrogens with one attached hydrogen (secondary N) is 1. The van der Waals surface area contributed by atoms with Crippen molar-refractivity contribution in [1.29, 1.82) is 0 Å². The number of sulfonamides is 1. The molecule has 3 atom stereocenters. The predicted octanol–water partition coefficient (Wildman–Crippen LogP) is 2.27. The second kappa shape index (κ2) is 10.1. The number of fused-ring (bicyclic) bond motifs is 1. The molecule has 0 saturated carbocycles. The van der Waals surface area contributed by atoms with E-state index in [0.29, 0.717) is 17.6 Å². The molecular weight excluding hydrogens is 462 g/mol. The SMILES string of the molecule is CCCNC(=O)N(C)C[C@H]1Oc2cc(Br)ccc2S(=O)(=O)N([C@H](C)CO)C[C@@H]1C. The Morgan fingerprint density at radius 3 is 2.79 bits per heavy atom. The number of likely N-dealkylation sites (N-methyl/N-ethyl adjacent to an activating group) is 1. The Morgan fingerprint density at radius 2 is 2.17 bits per heavy atom. The summed E-state index contributed by atoms with van der Waals surface area (Å²) >= 11 is 3.37. The molecule has 0 fully saturated rings. The number of amides is 2. The minimum Gasteiger partial charge on any atom is -0.487 e. The van der Waals surface area contributed by atoms with E-state index in [1.54, 1.807) is 31.0 Å². The van der Waals surface area contributed by atoms with Crippen molar-refractivity contribution in [2.75, 3.05) is 33.3 Å². The van der Waals surface area contributed by atoms with Crippen LogP contribution in [0.1, 0.15) is 27.2 Å². The quantitative estimate of drug-likeness (QED) is 0.635. The van der Waals surface area contributed by atoms with Crippen molar-refractivity contribution < 1.29 is 23.1 Å². The molecule has 2 rings (SSSR count). The third kappa shape index (κ3) is 5.62. The Morgan fingerprint density at radius 1 is 1.48 bits per heavy atom. The van der Waals surface area contributed by atoms with Gasteiger partial charge in [0.15, 0.2) is 0 Å². The monoisotopic (exact) mass is 491 g/mol. The lowest BCUT2D eigenvalue weighted by atomic mass is 10.0. The van der Waals surface area contributed by atoms with Crippen LogP contribution < -0.4 is 10.1 Å². The first-order chi connectivity index (χ1) is 13.6. The van der Waals surface area contributed by atoms with E-state index in [0.717, 1.165) is 6.42 Å². The molecule has 2 N–H and O–H groups in total. The summed E-state index contributed by atoms with van der Waals surface area (Å²) in [7, 11) is -2.16. The van der Waals surface area contributed by atoms with Crippen LogP contribution in [0.3, 0.4) is 0 Å². The van der Waals surface area contributed by atoms with Crippen LogP contribution in [-0.2, 0) is 10.0 Å². The third-order valence-corrected chi connectivity index (χ3v) is 7.47. The van der Waals surface area contributed by atoms with Crippen molar-refractivity contribution in [3.63, 3.8) is 0 Å². The van der Waals surface area contributed by atoms with Gasteiger partial charge in [-0.1, -0.05) is 29.8 Å². The van der Waals surface area contributed by atoms with Crippen LogP contribution in [0.2, 0.25) is 0 Å². The Kier molecular flexibility index (Phi) is 8.33. The van der Waals surface area contributed by atoms with Gasteiger partial charge in [0.05, 0.1) is 13.2 Å². The van der Waals surface area contributed by atoms with Gasteiger partial charge in [0.1, 0.15) is 16.7 Å². The largest absolute Gasteiger partial charge is 0.487 e. The highest BCUT2D eigenvalue weighted by molar-refractivity contribution is 9.10. The first-order valence-electron chi connectivity index (χ1n) is 9.69. The number of carbonyl (C=O) groups is 1. The average Bonchev–Trinajstić information content (AvgIpc) is 2.67. The van der Waals surface area contributed by atoms with Gasteiger partial charge in [0.2, 0.25) is 10.0 Å². The van der Waals surface area contributed by atoms with Crippen molar-refractivity contribution in [1.82, 2.24) is 14.5 Å². The number of hydrogen-bond donors (Lipinski definition) is 2. The van der Waals surface area contributed by atoms with Crippen LogP contribution in [-0.4, -0.2) is 74.2 Å². The standard InChI is InChI=1S/C19H30BrN3O5S/c1-5-8-21-19(25)22(4)11-17-13(2)10-23(14(3)12-24)29(26,27)18-7-6-15(20)9-16(18)28-17/h6-7,9,13-14,17,24H,5,8,10-12H2,1-4H3,(H,21,25)/t13-,14+,17+/m0/s1. The maximum absolute atomic E-state index is 13.2. The van der Waals surface area contributed by atoms with Gasteiger partial charge in [-0.05, 0) is 31.5 Å². The fourth-order valence-electron chi connectivity index (χ4n) is 3.14. The highest BCUT2D eigenvalue weighted by Gasteiger charge is 2.38. The molecule has 0 aliphatic carbocycles. The maximum atomic E-state index is 13.2. The molecule has 164 valence electrons. The van der Waals surface area contributed by atoms with Gasteiger partial charge in [0.25, 0.3) is 0 Å². The number of aliphatic hydroxyl groups excluding tert-OH is 1. The summed E-state index contributed by atoms with van der Waals surface area (Å²) in [6.07, 6.45) is 0.410. The zero-order valence-corrected chi connectivity index (χ0v) is 19.7. The molecule has 0 spiro atoms. The summed E-state index contributed by atoms with van der Waals surface area (Å²) in [5, 5.41) is 12.4. The Balaban J connectivity index is 2.41. The number of hydrogen-bond acceptors (Lipinski definition) is 5. The smallest absolute Gasteiger partial charge is 0.317 e. The minimum atomic E-state index is -3.85. The lowest BCUT2D eigenvalue weighted by Gasteiger charge is -2.37. The molecule has 29 heavy (non-hydrogen) atoms. The maximum Gasteiger partial charge on any atom is 0.317 e. The number of aliphatic hydroxyl groups is 1. The molecule has 1 heterocycles. The highest BCUT2D eigenvalue weighted by atomic mass is 79.9. The number of ether oxygens (including phenoxy) is 1. The van der Waals surface area contributed by atoms with Crippen LogP contribution >= 0.6 is 15.9 Å². The summed E-state index contributed by atoms with van der Waals surface area (Å²) < 4.78 is 34.6. The summed E-state index contributed by atoms with van der Waals surface area (Å²) in [5.74, 6) is 0.0146. The minimum absolute atomic E-state index is 0.0518. The molecule has 0 aromatic heterocycles. The van der Waals surface area contributed by atoms with Crippen LogP contribution in [0.4, 0.5) is 4.79 Å². The fraction of sp³-hybridized carbons (Fsp3) is 0.632. The zero-order valence-electron chi connectivity index (χ0n) is 17.3. The molecule has 0 saturated heterocycles. The van der Waals surface area contributed by atoms with E-state index in [9.17, 15) is 18.3 Å². The summed E-state index contributed by atoms with van der Waals surface area (Å²) in [6.45, 7) is 6.30. The molecule has 0 unspecified atom stereocenters. The molecule has 1 aliphatic rings. The van der Waals surface area contributed by atoms with Gasteiger partial charge in [-0.15, -0.1) is 0 Å². The van der Waals surface area contributed by atoms with E-state index in [1.165, 1.54) is 10.4 Å². The van der Waals surface area contributed by atoms with Crippen LogP contribution in [0.15, 0.2) is 27.6 Å². The second-order valence-electron chi connectivity index (χ2n) is 7.44. The second-order valence-corrected chi connectivity index (χ2v) is 10.2. The molecule has 1 aliphatic heterocycles. The van der Waals surface area contributed by atoms with Gasteiger partial charge >= 0.3 is 6.03 Å². The van der Waals surface area contributed by atoms with E-state index in [2.05, 4.69) is 21.2 Å². The zero-order chi connectivity index (χ0) is 21.8. The van der Waals surface area contributed by atoms with E-state index in [1.807, 2.05) is 13.8 Å². The number of urea groups is 1. The Bertz CT molecular complexity index is 820. The number of rotatable bonds is 6. The average molecular weight is 492 g/mol. The molecule has 8 nitrogen and oxygen atoms in total. The van der Waals surface area contributed by atoms with E-state index in [4.69, 9.17) is 4.74 Å². The molecule has 1 aromatic rings. The van der Waals surface area contributed by atoms with Gasteiger partial charge in [-0.2, -0.15) is 4.31 Å². The topological polar surface area (TPSA) is 99.2 Å². The van der Waals surface area contributed by atoms with Crippen molar-refractivity contribution >= 4 is 32.0 Å². The third-order valence-electron chi connectivity index (χ3n) is 4.96. The fourth-order valence-corrected chi connectivity index (χ4v) is 5.30. The number of halogens is 1. The van der Waals surface area contributed by atoms with Crippen LogP contribution in [0.5, 0.6) is 5.75 Å². The highest BCUT2D eigenvalue weighted by Crippen LogP contribution is 2.35. The van der Waals surface area contributed by atoms with Crippen molar-refractivity contribution in [2.45, 2.75) is 44.2 Å². The van der Waals surface area contributed by atoms with Gasteiger partial charge in [-0.3, -0.25) is 0 Å². The number of benzene rings is 1. The summed E-state index contributed by atoms with van der Waals surface area (Å²) in [5.41, 5.74) is 0. The normalized spacial score (nSPS) is 22.6. The van der Waals surface area contributed by atoms with E-state index in [-0.39, 0.29) is 35.7 Å². The number of nitrogens with zero attached hydrogens (tertiary/aromatic N) is 2. The van der Waals surface area contributed by atoms with Crippen LogP contribution in [0, 0.1) is 5.92 Å². The van der Waals surface area contributed by atoms with Crippen molar-refractivity contribution in [2.24, 2.45) is 5.92 Å². The Labute approximate surface area is 181 Å². The van der Waals surface area contributed by atoms with Crippen LogP contribution in [0.25, 0.3) is 0 Å². The molecular formula is C19H30BrN3O5S. The predicted molar refractivity (Wildman–Crippen MR) is 114 cm³/mol. The summed E-state index contributed by atoms with van der Waals surface area (Å²) in [6, 6.07) is 3.98. The molecule has 1 aromatic carbocycles. The lowest BCUT2D eigenvalue weighted by molar-refractivity contribution is 0.0812. The molecule has 10 heteroatoms. The summed E-state index contributed by atoms with van der Waals surface area (Å²) in [4.78, 5) is 13.9. The molecule has 0 bridgehead atoms. The molecule has 0 radical (unpaired) electrons. The first-order valence-corrected chi connectivity index (χ1v) is 11.9. The van der Waals surface area contributed by atoms with E-state index < -0.39 is 22.2 Å². The van der Waals surface area contributed by atoms with Gasteiger partial charge in [0, 0.05) is 36.6 Å². The van der Waals surface area contributed by atoms with Crippen molar-refractivity contribution in [3.8, 4) is 5.75 Å². The van der Waals surface area contributed by atoms with E-state index >= 15 is 0 Å².